The van der Waals surface area contributed by atoms with Gasteiger partial charge in [0.1, 0.15) is 5.82 Å². The van der Waals surface area contributed by atoms with Crippen LogP contribution >= 0.6 is 0 Å². The van der Waals surface area contributed by atoms with E-state index in [-0.39, 0.29) is 5.91 Å². The van der Waals surface area contributed by atoms with E-state index in [9.17, 15) is 4.79 Å². The fourth-order valence-corrected chi connectivity index (χ4v) is 2.17. The zero-order chi connectivity index (χ0) is 16.7. The zero-order valence-electron chi connectivity index (χ0n) is 14.0. The molecule has 2 rings (SSSR count). The first-order valence-corrected chi connectivity index (χ1v) is 8.07. The molecule has 0 aliphatic carbocycles. The third-order valence-corrected chi connectivity index (χ3v) is 3.57. The number of benzene rings is 1. The third kappa shape index (κ3) is 5.06. The number of anilines is 2. The number of hydrogen-bond donors (Lipinski definition) is 2. The maximum absolute atomic E-state index is 12.3. The summed E-state index contributed by atoms with van der Waals surface area (Å²) in [4.78, 5) is 12.3. The van der Waals surface area contributed by atoms with E-state index in [0.717, 1.165) is 30.6 Å². The van der Waals surface area contributed by atoms with Crippen LogP contribution in [0.2, 0.25) is 0 Å². The Labute approximate surface area is 137 Å². The minimum atomic E-state index is -0.243. The quantitative estimate of drug-likeness (QED) is 0.817. The molecule has 0 saturated carbocycles. The predicted molar refractivity (Wildman–Crippen MR) is 93.7 cm³/mol. The highest BCUT2D eigenvalue weighted by Gasteiger charge is 2.10. The van der Waals surface area contributed by atoms with Crippen LogP contribution in [0.4, 0.5) is 11.5 Å². The average molecular weight is 312 g/mol. The number of para-hydroxylation sites is 1. The van der Waals surface area contributed by atoms with Crippen LogP contribution in [0.5, 0.6) is 0 Å². The largest absolute Gasteiger partial charge is 0.369 e. The molecule has 0 fully saturated rings. The summed E-state index contributed by atoms with van der Waals surface area (Å²) in [5.41, 5.74) is 2.23. The first-order valence-electron chi connectivity index (χ1n) is 8.07. The number of amides is 1. The Morgan fingerprint density at radius 2 is 1.91 bits per heavy atom. The minimum Gasteiger partial charge on any atom is -0.369 e. The van der Waals surface area contributed by atoms with Gasteiger partial charge in [-0.15, -0.1) is 10.2 Å². The van der Waals surface area contributed by atoms with Gasteiger partial charge in [0.2, 0.25) is 0 Å². The van der Waals surface area contributed by atoms with Gasteiger partial charge in [-0.3, -0.25) is 4.79 Å². The van der Waals surface area contributed by atoms with Crippen molar-refractivity contribution in [2.75, 3.05) is 17.2 Å². The van der Waals surface area contributed by atoms with Gasteiger partial charge < -0.3 is 10.6 Å². The minimum absolute atomic E-state index is 0.243. The Morgan fingerprint density at radius 3 is 2.57 bits per heavy atom. The molecule has 0 radical (unpaired) electrons. The highest BCUT2D eigenvalue weighted by Crippen LogP contribution is 2.16. The summed E-state index contributed by atoms with van der Waals surface area (Å²) in [5, 5.41) is 14.2. The van der Waals surface area contributed by atoms with Gasteiger partial charge in [-0.2, -0.15) is 0 Å². The Bertz CT molecular complexity index is 638. The Balaban J connectivity index is 1.97. The molecule has 5 heteroatoms. The van der Waals surface area contributed by atoms with Crippen molar-refractivity contribution < 1.29 is 4.79 Å². The molecule has 0 bridgehead atoms. The second-order valence-electron chi connectivity index (χ2n) is 5.88. The standard InChI is InChI=1S/C18H24N4O/c1-4-14-7-5-6-8-15(14)20-18(23)16-9-10-17(22-21-16)19-12-11-13(2)3/h5-10,13H,4,11-12H2,1-3H3,(H,19,22)(H,20,23). The van der Waals surface area contributed by atoms with Crippen LogP contribution < -0.4 is 10.6 Å². The number of aromatic nitrogens is 2. The van der Waals surface area contributed by atoms with Gasteiger partial charge in [0.15, 0.2) is 5.69 Å². The number of aryl methyl sites for hydroxylation is 1. The van der Waals surface area contributed by atoms with E-state index in [1.165, 1.54) is 0 Å². The maximum atomic E-state index is 12.3. The molecule has 0 saturated heterocycles. The van der Waals surface area contributed by atoms with Gasteiger partial charge in [-0.25, -0.2) is 0 Å². The molecule has 23 heavy (non-hydrogen) atoms. The smallest absolute Gasteiger partial charge is 0.276 e. The highest BCUT2D eigenvalue weighted by molar-refractivity contribution is 6.03. The summed E-state index contributed by atoms with van der Waals surface area (Å²) >= 11 is 0. The van der Waals surface area contributed by atoms with E-state index < -0.39 is 0 Å². The van der Waals surface area contributed by atoms with E-state index in [4.69, 9.17) is 0 Å². The molecule has 1 heterocycles. The van der Waals surface area contributed by atoms with Crippen LogP contribution in [-0.2, 0) is 6.42 Å². The number of hydrogen-bond acceptors (Lipinski definition) is 4. The second kappa shape index (κ2) is 8.27. The lowest BCUT2D eigenvalue weighted by Gasteiger charge is -2.10. The molecule has 1 aromatic heterocycles. The van der Waals surface area contributed by atoms with Gasteiger partial charge in [0.05, 0.1) is 0 Å². The Kier molecular flexibility index (Phi) is 6.09. The Morgan fingerprint density at radius 1 is 1.13 bits per heavy atom. The highest BCUT2D eigenvalue weighted by atomic mass is 16.1. The van der Waals surface area contributed by atoms with E-state index in [1.807, 2.05) is 24.3 Å². The normalized spacial score (nSPS) is 10.6. The Hall–Kier alpha value is -2.43. The molecule has 0 atom stereocenters. The van der Waals surface area contributed by atoms with Gasteiger partial charge in [-0.1, -0.05) is 39.0 Å². The molecule has 0 aliphatic rings. The van der Waals surface area contributed by atoms with E-state index >= 15 is 0 Å². The van der Waals surface area contributed by atoms with Crippen LogP contribution in [0.3, 0.4) is 0 Å². The number of rotatable bonds is 7. The van der Waals surface area contributed by atoms with E-state index in [0.29, 0.717) is 17.4 Å². The maximum Gasteiger partial charge on any atom is 0.276 e. The summed E-state index contributed by atoms with van der Waals surface area (Å²) in [7, 11) is 0. The summed E-state index contributed by atoms with van der Waals surface area (Å²) < 4.78 is 0. The third-order valence-electron chi connectivity index (χ3n) is 3.57. The molecule has 0 spiro atoms. The van der Waals surface area contributed by atoms with Crippen molar-refractivity contribution in [3.05, 3.63) is 47.7 Å². The van der Waals surface area contributed by atoms with Crippen LogP contribution in [-0.4, -0.2) is 22.6 Å². The lowest BCUT2D eigenvalue weighted by atomic mass is 10.1. The SMILES string of the molecule is CCc1ccccc1NC(=O)c1ccc(NCCC(C)C)nn1. The van der Waals surface area contributed by atoms with Crippen LogP contribution in [0.25, 0.3) is 0 Å². The molecule has 0 aliphatic heterocycles. The van der Waals surface area contributed by atoms with Crippen molar-refractivity contribution in [3.63, 3.8) is 0 Å². The van der Waals surface area contributed by atoms with Gasteiger partial charge >= 0.3 is 0 Å². The summed E-state index contributed by atoms with van der Waals surface area (Å²) in [6.07, 6.45) is 1.93. The molecule has 0 unspecified atom stereocenters. The summed E-state index contributed by atoms with van der Waals surface area (Å²) in [6.45, 7) is 7.26. The van der Waals surface area contributed by atoms with E-state index in [2.05, 4.69) is 41.6 Å². The van der Waals surface area contributed by atoms with Gasteiger partial charge in [0.25, 0.3) is 5.91 Å². The van der Waals surface area contributed by atoms with Crippen molar-refractivity contribution in [2.45, 2.75) is 33.6 Å². The topological polar surface area (TPSA) is 66.9 Å². The fraction of sp³-hybridized carbons (Fsp3) is 0.389. The van der Waals surface area contributed by atoms with Crippen LogP contribution in [0.15, 0.2) is 36.4 Å². The molecule has 122 valence electrons. The lowest BCUT2D eigenvalue weighted by Crippen LogP contribution is -2.16. The second-order valence-corrected chi connectivity index (χ2v) is 5.88. The van der Waals surface area contributed by atoms with Crippen molar-refractivity contribution >= 4 is 17.4 Å². The van der Waals surface area contributed by atoms with Crippen molar-refractivity contribution in [1.29, 1.82) is 0 Å². The molecular weight excluding hydrogens is 288 g/mol. The van der Waals surface area contributed by atoms with Gasteiger partial charge in [0, 0.05) is 12.2 Å². The number of carbonyl (C=O) groups excluding carboxylic acids is 1. The zero-order valence-corrected chi connectivity index (χ0v) is 14.0. The summed E-state index contributed by atoms with van der Waals surface area (Å²) in [6, 6.07) is 11.2. The molecule has 2 N–H and O–H groups in total. The summed E-state index contributed by atoms with van der Waals surface area (Å²) in [5.74, 6) is 1.09. The fourth-order valence-electron chi connectivity index (χ4n) is 2.17. The molecule has 2 aromatic rings. The lowest BCUT2D eigenvalue weighted by molar-refractivity contribution is 0.102. The first kappa shape index (κ1) is 16.9. The predicted octanol–water partition coefficient (Wildman–Crippen LogP) is 3.75. The molecule has 1 aromatic carbocycles. The number of nitrogens with one attached hydrogen (secondary N) is 2. The monoisotopic (exact) mass is 312 g/mol. The molecule has 1 amide bonds. The van der Waals surface area contributed by atoms with Crippen molar-refractivity contribution in [2.24, 2.45) is 5.92 Å². The first-order chi connectivity index (χ1) is 11.1. The van der Waals surface area contributed by atoms with Gasteiger partial charge in [-0.05, 0) is 42.5 Å². The van der Waals surface area contributed by atoms with E-state index in [1.54, 1.807) is 12.1 Å². The number of carbonyl (C=O) groups is 1. The molecular formula is C18H24N4O. The van der Waals surface area contributed by atoms with Crippen molar-refractivity contribution in [3.8, 4) is 0 Å². The molecule has 5 nitrogen and oxygen atoms in total. The van der Waals surface area contributed by atoms with Crippen LogP contribution in [0, 0.1) is 5.92 Å². The van der Waals surface area contributed by atoms with Crippen molar-refractivity contribution in [1.82, 2.24) is 10.2 Å². The average Bonchev–Trinajstić information content (AvgIpc) is 2.55. The number of nitrogens with zero attached hydrogens (tertiary/aromatic N) is 2. The van der Waals surface area contributed by atoms with Crippen LogP contribution in [0.1, 0.15) is 43.2 Å².